The largest absolute Gasteiger partial charge is 0.314 e. The highest BCUT2D eigenvalue weighted by molar-refractivity contribution is 9.10. The van der Waals surface area contributed by atoms with Gasteiger partial charge in [-0.25, -0.2) is 0 Å². The molecule has 3 nitrogen and oxygen atoms in total. The first-order chi connectivity index (χ1) is 8.24. The molecule has 1 N–H and O–H groups in total. The molecule has 0 spiro atoms. The maximum absolute atomic E-state index is 4.38. The summed E-state index contributed by atoms with van der Waals surface area (Å²) in [5.41, 5.74) is 2.60. The Hall–Kier alpha value is -0.870. The second-order valence-corrected chi connectivity index (χ2v) is 5.51. The summed E-state index contributed by atoms with van der Waals surface area (Å²) in [6.45, 7) is 1.17. The molecule has 90 valence electrons. The van der Waals surface area contributed by atoms with Gasteiger partial charge in [0.2, 0.25) is 0 Å². The summed E-state index contributed by atoms with van der Waals surface area (Å²) in [7, 11) is 1.99. The Morgan fingerprint density at radius 3 is 3.18 bits per heavy atom. The zero-order chi connectivity index (χ0) is 11.8. The van der Waals surface area contributed by atoms with Gasteiger partial charge in [-0.15, -0.1) is 0 Å². The predicted molar refractivity (Wildman–Crippen MR) is 73.1 cm³/mol. The minimum Gasteiger partial charge on any atom is -0.314 e. The van der Waals surface area contributed by atoms with Crippen LogP contribution in [-0.4, -0.2) is 22.4 Å². The molecule has 17 heavy (non-hydrogen) atoms. The maximum atomic E-state index is 4.38. The molecule has 0 aliphatic carbocycles. The Kier molecular flexibility index (Phi) is 2.92. The van der Waals surface area contributed by atoms with E-state index in [0.717, 1.165) is 11.0 Å². The van der Waals surface area contributed by atoms with Crippen molar-refractivity contribution in [2.24, 2.45) is 7.05 Å². The molecule has 0 bridgehead atoms. The number of fused-ring (bicyclic) bond motifs is 1. The van der Waals surface area contributed by atoms with E-state index in [9.17, 15) is 0 Å². The summed E-state index contributed by atoms with van der Waals surface area (Å²) in [4.78, 5) is 0. The van der Waals surface area contributed by atoms with E-state index in [4.69, 9.17) is 0 Å². The molecule has 0 amide bonds. The van der Waals surface area contributed by atoms with Gasteiger partial charge in [-0.1, -0.05) is 6.07 Å². The number of benzene rings is 1. The standard InChI is InChI=1S/C13H16BrN3/c1-17-12-8-9(7-10-3-2-6-15-10)4-5-11(12)13(14)16-17/h4-5,8,10,15H,2-3,6-7H2,1H3. The number of nitrogens with one attached hydrogen (secondary N) is 1. The molecular weight excluding hydrogens is 278 g/mol. The molecule has 4 heteroatoms. The van der Waals surface area contributed by atoms with E-state index < -0.39 is 0 Å². The molecule has 1 unspecified atom stereocenters. The lowest BCUT2D eigenvalue weighted by Crippen LogP contribution is -2.23. The van der Waals surface area contributed by atoms with Crippen LogP contribution in [0.25, 0.3) is 10.9 Å². The molecule has 1 aliphatic rings. The number of aromatic nitrogens is 2. The average Bonchev–Trinajstić information content (AvgIpc) is 2.89. The Bertz CT molecular complexity index is 541. The zero-order valence-corrected chi connectivity index (χ0v) is 11.5. The molecular formula is C13H16BrN3. The molecule has 1 saturated heterocycles. The minimum absolute atomic E-state index is 0.657. The van der Waals surface area contributed by atoms with Crippen molar-refractivity contribution in [3.63, 3.8) is 0 Å². The van der Waals surface area contributed by atoms with Gasteiger partial charge < -0.3 is 5.32 Å². The topological polar surface area (TPSA) is 29.9 Å². The lowest BCUT2D eigenvalue weighted by Gasteiger charge is -2.10. The second-order valence-electron chi connectivity index (χ2n) is 4.76. The molecule has 2 aromatic rings. The Balaban J connectivity index is 1.92. The van der Waals surface area contributed by atoms with Crippen LogP contribution < -0.4 is 5.32 Å². The van der Waals surface area contributed by atoms with Gasteiger partial charge in [-0.05, 0) is 59.4 Å². The Labute approximate surface area is 109 Å². The SMILES string of the molecule is Cn1nc(Br)c2ccc(CC3CCCN3)cc21. The zero-order valence-electron chi connectivity index (χ0n) is 9.91. The summed E-state index contributed by atoms with van der Waals surface area (Å²) < 4.78 is 2.87. The van der Waals surface area contributed by atoms with Crippen molar-refractivity contribution >= 4 is 26.8 Å². The second kappa shape index (κ2) is 4.42. The fraction of sp³-hybridized carbons (Fsp3) is 0.462. The monoisotopic (exact) mass is 293 g/mol. The third-order valence-corrected chi connectivity index (χ3v) is 4.10. The van der Waals surface area contributed by atoms with Gasteiger partial charge in [0.1, 0.15) is 4.60 Å². The van der Waals surface area contributed by atoms with Crippen molar-refractivity contribution in [1.29, 1.82) is 0 Å². The van der Waals surface area contributed by atoms with Crippen molar-refractivity contribution in [2.45, 2.75) is 25.3 Å². The van der Waals surface area contributed by atoms with Crippen molar-refractivity contribution in [1.82, 2.24) is 15.1 Å². The van der Waals surface area contributed by atoms with Gasteiger partial charge in [-0.3, -0.25) is 4.68 Å². The number of hydrogen-bond donors (Lipinski definition) is 1. The lowest BCUT2D eigenvalue weighted by molar-refractivity contribution is 0.603. The van der Waals surface area contributed by atoms with Gasteiger partial charge in [0.15, 0.2) is 0 Å². The Morgan fingerprint density at radius 2 is 2.41 bits per heavy atom. The molecule has 0 radical (unpaired) electrons. The van der Waals surface area contributed by atoms with Gasteiger partial charge in [0.05, 0.1) is 5.52 Å². The predicted octanol–water partition coefficient (Wildman–Crippen LogP) is 2.63. The van der Waals surface area contributed by atoms with E-state index in [1.807, 2.05) is 11.7 Å². The third kappa shape index (κ3) is 2.11. The van der Waals surface area contributed by atoms with E-state index in [-0.39, 0.29) is 0 Å². The molecule has 1 aliphatic heterocycles. The fourth-order valence-electron chi connectivity index (χ4n) is 2.60. The summed E-state index contributed by atoms with van der Waals surface area (Å²) in [5.74, 6) is 0. The summed E-state index contributed by atoms with van der Waals surface area (Å²) in [6.07, 6.45) is 3.73. The normalized spacial score (nSPS) is 20.2. The highest BCUT2D eigenvalue weighted by Gasteiger charge is 2.15. The molecule has 1 aromatic heterocycles. The van der Waals surface area contributed by atoms with E-state index >= 15 is 0 Å². The van der Waals surface area contributed by atoms with E-state index in [0.29, 0.717) is 6.04 Å². The first kappa shape index (κ1) is 11.2. The van der Waals surface area contributed by atoms with Crippen molar-refractivity contribution < 1.29 is 0 Å². The van der Waals surface area contributed by atoms with Gasteiger partial charge >= 0.3 is 0 Å². The van der Waals surface area contributed by atoms with E-state index in [2.05, 4.69) is 44.5 Å². The number of aryl methyl sites for hydroxylation is 1. The number of hydrogen-bond acceptors (Lipinski definition) is 2. The highest BCUT2D eigenvalue weighted by Crippen LogP contribution is 2.24. The molecule has 1 fully saturated rings. The number of nitrogens with zero attached hydrogens (tertiary/aromatic N) is 2. The summed E-state index contributed by atoms with van der Waals surface area (Å²) in [5, 5.41) is 9.11. The molecule has 3 rings (SSSR count). The van der Waals surface area contributed by atoms with Crippen molar-refractivity contribution in [3.05, 3.63) is 28.4 Å². The third-order valence-electron chi connectivity index (χ3n) is 3.52. The van der Waals surface area contributed by atoms with Crippen molar-refractivity contribution in [3.8, 4) is 0 Å². The molecule has 0 saturated carbocycles. The number of rotatable bonds is 2. The maximum Gasteiger partial charge on any atom is 0.135 e. The quantitative estimate of drug-likeness (QED) is 0.923. The molecule has 1 aromatic carbocycles. The van der Waals surface area contributed by atoms with Crippen LogP contribution in [0.3, 0.4) is 0 Å². The van der Waals surface area contributed by atoms with Crippen molar-refractivity contribution in [2.75, 3.05) is 6.54 Å². The summed E-state index contributed by atoms with van der Waals surface area (Å²) in [6, 6.07) is 7.29. The van der Waals surface area contributed by atoms with Crippen LogP contribution in [0.15, 0.2) is 22.8 Å². The molecule has 2 heterocycles. The van der Waals surface area contributed by atoms with Crippen LogP contribution in [0.4, 0.5) is 0 Å². The highest BCUT2D eigenvalue weighted by atomic mass is 79.9. The average molecular weight is 294 g/mol. The van der Waals surface area contributed by atoms with Crippen LogP contribution in [0.5, 0.6) is 0 Å². The van der Waals surface area contributed by atoms with Gasteiger partial charge in [-0.2, -0.15) is 5.10 Å². The fourth-order valence-corrected chi connectivity index (χ4v) is 3.17. The van der Waals surface area contributed by atoms with Crippen LogP contribution in [0, 0.1) is 0 Å². The van der Waals surface area contributed by atoms with Gasteiger partial charge in [0, 0.05) is 18.5 Å². The van der Waals surface area contributed by atoms with E-state index in [1.165, 1.54) is 35.9 Å². The lowest BCUT2D eigenvalue weighted by atomic mass is 10.0. The van der Waals surface area contributed by atoms with Crippen LogP contribution in [-0.2, 0) is 13.5 Å². The summed E-state index contributed by atoms with van der Waals surface area (Å²) >= 11 is 3.49. The first-order valence-corrected chi connectivity index (χ1v) is 6.88. The molecule has 1 atom stereocenters. The van der Waals surface area contributed by atoms with Crippen LogP contribution >= 0.6 is 15.9 Å². The minimum atomic E-state index is 0.657. The van der Waals surface area contributed by atoms with Crippen LogP contribution in [0.2, 0.25) is 0 Å². The van der Waals surface area contributed by atoms with E-state index in [1.54, 1.807) is 0 Å². The number of halogens is 1. The van der Waals surface area contributed by atoms with Gasteiger partial charge in [0.25, 0.3) is 0 Å². The Morgan fingerprint density at radius 1 is 1.53 bits per heavy atom. The first-order valence-electron chi connectivity index (χ1n) is 6.08. The van der Waals surface area contributed by atoms with Crippen LogP contribution in [0.1, 0.15) is 18.4 Å². The smallest absolute Gasteiger partial charge is 0.135 e.